The number of anilines is 3. The fraction of sp³-hybridized carbons (Fsp3) is 0.193. The van der Waals surface area contributed by atoms with E-state index < -0.39 is 63.4 Å². The summed E-state index contributed by atoms with van der Waals surface area (Å²) in [5.74, 6) is 13.8. The van der Waals surface area contributed by atoms with Crippen molar-refractivity contribution in [1.82, 2.24) is 24.0 Å². The van der Waals surface area contributed by atoms with Crippen molar-refractivity contribution >= 4 is 170 Å². The number of furan rings is 7. The second kappa shape index (κ2) is 46.1. The topological polar surface area (TPSA) is 704 Å². The molecular formula is C57H61Cl2N20NaO25Sn. The van der Waals surface area contributed by atoms with Crippen LogP contribution in [0.5, 0.6) is 0 Å². The Balaban J connectivity index is 0.000000410. The number of fused-ring (bicyclic) bond motifs is 5. The minimum Gasteiger partial charge on any atom is 1.00 e. The van der Waals surface area contributed by atoms with Crippen LogP contribution in [-0.2, 0) is 28.5 Å². The molecule has 49 heteroatoms. The van der Waals surface area contributed by atoms with E-state index in [0.717, 1.165) is 27.0 Å². The summed E-state index contributed by atoms with van der Waals surface area (Å²) in [7, 11) is 9.87. The molecule has 12 aromatic heterocycles. The number of carbonyl (C=O) groups excluding carboxylic acids is 5. The van der Waals surface area contributed by atoms with E-state index in [4.69, 9.17) is 115 Å². The van der Waals surface area contributed by atoms with Crippen LogP contribution in [0.15, 0.2) is 151 Å². The molecule has 0 spiro atoms. The Labute approximate surface area is 631 Å². The minimum atomic E-state index is -1.23. The number of nitrogens with zero attached hydrogens (tertiary/aromatic N) is 12. The van der Waals surface area contributed by atoms with Crippen LogP contribution in [0.25, 0.3) is 82.5 Å². The number of rotatable bonds is 16. The quantitative estimate of drug-likeness (QED) is 0.00415. The fourth-order valence-electron chi connectivity index (χ4n) is 7.44. The molecule has 0 amide bonds. The third-order valence-electron chi connectivity index (χ3n) is 11.6. The zero-order valence-electron chi connectivity index (χ0n) is 56.0. The molecular weight excluding hydrogens is 1580 g/mol. The SMILES string of the molecule is CCOC(=O)/C(=C/c1ccco1)N=[N+]=[N-].CCOC(=O)CN=[N+]=[N-].CCOC(=O)c1cc2oc([N+](=O)[O-])cc2[nH]1.CCOC(=O)c1cc2occc2[nH]1.CC[O-].Nc1cc2c(cc(N)n2N)o1.Nc1cc2oc([N+](=O)[O-])cc2n1N.Nn1c(C(=O)O)cc2oc([N+](=O)[O-])cc21.O=Cc1ccco1.[Cl][Sn][Cl].[Na+]. The molecule has 0 aliphatic carbocycles. The number of aromatic carboxylic acids is 1. The number of carboxylic acid groups (broad SMARTS) is 1. The molecule has 0 atom stereocenters. The largest absolute Gasteiger partial charge is 1.00 e. The average Bonchev–Trinajstić information content (AvgIpc) is 1.63. The van der Waals surface area contributed by atoms with E-state index in [2.05, 4.69) is 39.2 Å². The monoisotopic (exact) mass is 1640 g/mol. The fourth-order valence-corrected chi connectivity index (χ4v) is 7.44. The molecule has 0 bridgehead atoms. The van der Waals surface area contributed by atoms with Gasteiger partial charge in [0.2, 0.25) is 0 Å². The first-order valence-corrected chi connectivity index (χ1v) is 36.1. The summed E-state index contributed by atoms with van der Waals surface area (Å²) >= 11 is -0.826. The van der Waals surface area contributed by atoms with Gasteiger partial charge in [0.15, 0.2) is 51.5 Å². The maximum absolute atomic E-state index is 11.3. The summed E-state index contributed by atoms with van der Waals surface area (Å²) in [6.45, 7) is 9.34. The molecule has 2 radical (unpaired) electrons. The molecule has 0 saturated carbocycles. The Kier molecular flexibility index (Phi) is 38.9. The molecule has 45 nitrogen and oxygen atoms in total. The van der Waals surface area contributed by atoms with Gasteiger partial charge in [-0.2, -0.15) is 0 Å². The number of hydrogen-bond acceptors (Lipinski definition) is 32. The van der Waals surface area contributed by atoms with E-state index in [-0.39, 0.29) is 107 Å². The predicted octanol–water partition coefficient (Wildman–Crippen LogP) is 6.70. The molecule has 0 saturated heterocycles. The number of nitrogens with one attached hydrogen (secondary N) is 2. The molecule has 0 aromatic carbocycles. The minimum absolute atomic E-state index is 0. The van der Waals surface area contributed by atoms with Crippen molar-refractivity contribution in [2.24, 2.45) is 10.2 Å². The number of ether oxygens (including phenoxy) is 4. The first-order valence-electron chi connectivity index (χ1n) is 28.9. The summed E-state index contributed by atoms with van der Waals surface area (Å²) in [4.78, 5) is 104. The van der Waals surface area contributed by atoms with Gasteiger partial charge in [-0.25, -0.2) is 28.5 Å². The Morgan fingerprint density at radius 3 is 1.47 bits per heavy atom. The number of halogens is 2. The number of aromatic amines is 2. The molecule has 12 heterocycles. The van der Waals surface area contributed by atoms with Crippen molar-refractivity contribution in [2.45, 2.75) is 34.6 Å². The molecule has 106 heavy (non-hydrogen) atoms. The van der Waals surface area contributed by atoms with Gasteiger partial charge in [-0.3, -0.25) is 44.6 Å². The zero-order valence-corrected chi connectivity index (χ0v) is 62.4. The summed E-state index contributed by atoms with van der Waals surface area (Å²) in [6, 6.07) is 20.7. The van der Waals surface area contributed by atoms with E-state index in [0.29, 0.717) is 87.5 Å². The van der Waals surface area contributed by atoms with Gasteiger partial charge in [0.25, 0.3) is 0 Å². The third kappa shape index (κ3) is 27.6. The van der Waals surface area contributed by atoms with E-state index in [9.17, 15) is 59.1 Å². The van der Waals surface area contributed by atoms with Gasteiger partial charge >= 0.3 is 114 Å². The number of carbonyl (C=O) groups is 6. The number of nitro groups is 3. The molecule has 0 aliphatic heterocycles. The molecule has 0 fully saturated rings. The molecule has 0 aliphatic rings. The van der Waals surface area contributed by atoms with Crippen molar-refractivity contribution in [1.29, 1.82) is 0 Å². The number of esters is 4. The number of azide groups is 2. The van der Waals surface area contributed by atoms with Crippen LogP contribution in [0.2, 0.25) is 0 Å². The van der Waals surface area contributed by atoms with Crippen molar-refractivity contribution in [3.63, 3.8) is 0 Å². The summed E-state index contributed by atoms with van der Waals surface area (Å²) in [6.07, 6.45) is 6.46. The van der Waals surface area contributed by atoms with Crippen molar-refractivity contribution < 1.29 is 133 Å². The summed E-state index contributed by atoms with van der Waals surface area (Å²) < 4.78 is 56.3. The Morgan fingerprint density at radius 1 is 0.613 bits per heavy atom. The standard InChI is InChI=1S/C9H9N3O3.C9H8N2O5.C9H9NO3.C7H5N3O5.C6H6N4O3.C6H8N4O.C5H4O2.C4H7N3O2.C2H5O.2ClH.Na.Sn/c1-2-14-9(13)8(11-12-10)6-7-4-3-5-15-7;1-2-15-9(12)6-3-7-5(10-6)4-8(16-7)11(13)14;1-2-12-9(11)7-5-8-6(10-7)3-4-13-8;8-9-3-2-6(10(13)14)15-5(3)1-4(9)7(11)12;7-5-2-4-3(9(5)8)1-6(13-4)10(11)12;7-5-2-4-3(10(5)9)1-6(8)11-4;6-4-5-2-1-3-7-5;1-2-9-4(8)3-6-7-5;1-2-3;;;;/h3-6H,2H2,1H3;3-4,10H,2H2,1H3;3-5,10H,2H2,1H3;1-2H,8H2,(H,11,12);1-2H,7-8H2;1-2H,7-9H2;1-4H;2-3H2,1H3;2H2,1H3;2*1H;;/q;;;;;;;;-1;;;+1;+2/p-2/b8-6-;;;;;;;;;;;;. The Hall–Kier alpha value is -12.6. The van der Waals surface area contributed by atoms with Gasteiger partial charge in [-0.15, -0.1) is 6.61 Å². The van der Waals surface area contributed by atoms with Crippen molar-refractivity contribution in [2.75, 3.05) is 74.3 Å². The number of nitrogen functional groups attached to an aromatic ring is 6. The van der Waals surface area contributed by atoms with Crippen LogP contribution in [0.3, 0.4) is 0 Å². The molecule has 15 N–H and O–H groups in total. The maximum atomic E-state index is 11.3. The molecule has 12 aromatic rings. The van der Waals surface area contributed by atoms with Crippen LogP contribution < -0.4 is 69.4 Å². The summed E-state index contributed by atoms with van der Waals surface area (Å²) in [5, 5.41) is 54.9. The molecule has 0 unspecified atom stereocenters. The second-order valence-electron chi connectivity index (χ2n) is 18.4. The average molecular weight is 1640 g/mol. The first kappa shape index (κ1) is 89.5. The molecule has 558 valence electrons. The van der Waals surface area contributed by atoms with E-state index in [1.54, 1.807) is 89.4 Å². The third-order valence-corrected chi connectivity index (χ3v) is 11.6. The molecule has 12 rings (SSSR count). The normalized spacial score (nSPS) is 9.91. The van der Waals surface area contributed by atoms with E-state index in [1.165, 1.54) is 47.5 Å². The number of nitrogens with two attached hydrogens (primary N) is 6. The number of aromatic nitrogens is 5. The number of hydrogen-bond donors (Lipinski definition) is 9. The Morgan fingerprint density at radius 2 is 1.07 bits per heavy atom. The predicted molar refractivity (Wildman–Crippen MR) is 371 cm³/mol. The van der Waals surface area contributed by atoms with E-state index >= 15 is 0 Å². The van der Waals surface area contributed by atoms with Crippen molar-refractivity contribution in [3.05, 3.63) is 189 Å². The van der Waals surface area contributed by atoms with Crippen LogP contribution >= 0.6 is 17.8 Å². The van der Waals surface area contributed by atoms with Crippen LogP contribution in [0.4, 0.5) is 35.2 Å². The Bertz CT molecular complexity index is 4900. The van der Waals surface area contributed by atoms with Gasteiger partial charge < -0.3 is 105 Å². The van der Waals surface area contributed by atoms with Crippen LogP contribution in [0.1, 0.15) is 82.4 Å². The number of carboxylic acids is 1. The van der Waals surface area contributed by atoms with E-state index in [1.807, 2.05) is 0 Å². The zero-order chi connectivity index (χ0) is 78.5. The first-order chi connectivity index (χ1) is 50.0. The second-order valence-corrected chi connectivity index (χ2v) is 22.7. The number of H-pyrrole nitrogens is 2. The number of aldehydes is 1. The van der Waals surface area contributed by atoms with Gasteiger partial charge in [-0.05, 0) is 69.1 Å². The smallest absolute Gasteiger partial charge is 1.00 e. The van der Waals surface area contributed by atoms with Crippen LogP contribution in [-0.4, -0.2) is 138 Å². The van der Waals surface area contributed by atoms with Crippen molar-refractivity contribution in [3.8, 4) is 0 Å². The summed E-state index contributed by atoms with van der Waals surface area (Å²) in [5.41, 5.74) is 37.0. The van der Waals surface area contributed by atoms with Gasteiger partial charge in [-0.1, -0.05) is 17.2 Å². The maximum Gasteiger partial charge on any atom is 1.00 e. The van der Waals surface area contributed by atoms with Crippen LogP contribution in [0, 0.1) is 30.3 Å². The van der Waals surface area contributed by atoms with Gasteiger partial charge in [0, 0.05) is 52.3 Å². The van der Waals surface area contributed by atoms with Gasteiger partial charge in [0.05, 0.1) is 74.4 Å². The van der Waals surface area contributed by atoms with Gasteiger partial charge in [0.1, 0.15) is 72.3 Å².